The first-order chi connectivity index (χ1) is 8.86. The van der Waals surface area contributed by atoms with Crippen molar-refractivity contribution in [1.82, 2.24) is 5.32 Å². The summed E-state index contributed by atoms with van der Waals surface area (Å²) in [6, 6.07) is 3.57. The van der Waals surface area contributed by atoms with Gasteiger partial charge in [0.15, 0.2) is 0 Å². The van der Waals surface area contributed by atoms with Crippen LogP contribution in [0.3, 0.4) is 0 Å². The lowest BCUT2D eigenvalue weighted by Crippen LogP contribution is -2.45. The number of phenols is 1. The number of rotatable bonds is 5. The van der Waals surface area contributed by atoms with Crippen molar-refractivity contribution in [3.63, 3.8) is 0 Å². The number of hydrogen-bond donors (Lipinski definition) is 3. The Morgan fingerprint density at radius 1 is 1.37 bits per heavy atom. The van der Waals surface area contributed by atoms with Crippen LogP contribution in [0.2, 0.25) is 0 Å². The summed E-state index contributed by atoms with van der Waals surface area (Å²) < 4.78 is 0. The third-order valence-corrected chi connectivity index (χ3v) is 3.24. The van der Waals surface area contributed by atoms with E-state index in [0.29, 0.717) is 12.0 Å². The minimum Gasteiger partial charge on any atom is -0.508 e. The average molecular weight is 265 g/mol. The van der Waals surface area contributed by atoms with Gasteiger partial charge in [-0.3, -0.25) is 4.79 Å². The molecule has 1 aromatic rings. The number of aliphatic carboxylic acids is 1. The molecule has 1 amide bonds. The Morgan fingerprint density at radius 3 is 2.47 bits per heavy atom. The number of amides is 1. The summed E-state index contributed by atoms with van der Waals surface area (Å²) in [6.07, 6.45) is 0.649. The van der Waals surface area contributed by atoms with Crippen LogP contribution < -0.4 is 5.32 Å². The van der Waals surface area contributed by atoms with Crippen LogP contribution in [0, 0.1) is 12.8 Å². The minimum atomic E-state index is -1.06. The molecule has 3 N–H and O–H groups in total. The van der Waals surface area contributed by atoms with E-state index in [9.17, 15) is 14.7 Å². The Bertz CT molecular complexity index is 484. The van der Waals surface area contributed by atoms with E-state index in [2.05, 4.69) is 5.32 Å². The molecule has 0 spiro atoms. The van der Waals surface area contributed by atoms with Crippen LogP contribution >= 0.6 is 0 Å². The molecule has 1 rings (SSSR count). The maximum atomic E-state index is 12.0. The van der Waals surface area contributed by atoms with Gasteiger partial charge in [-0.2, -0.15) is 0 Å². The standard InChI is InChI=1S/C14H19NO4/c1-4-8(2)12(14(18)19)15-13(17)10-6-5-9(3)11(16)7-10/h5-8,12,16H,4H2,1-3H3,(H,15,17)(H,18,19)/t8?,12-/m0/s1. The van der Waals surface area contributed by atoms with Crippen LogP contribution in [0.4, 0.5) is 0 Å². The zero-order valence-electron chi connectivity index (χ0n) is 11.3. The first-order valence-corrected chi connectivity index (χ1v) is 6.20. The number of aryl methyl sites for hydroxylation is 1. The second-order valence-electron chi connectivity index (χ2n) is 4.68. The molecule has 0 heterocycles. The highest BCUT2D eigenvalue weighted by Crippen LogP contribution is 2.18. The van der Waals surface area contributed by atoms with Gasteiger partial charge in [0.1, 0.15) is 11.8 Å². The number of nitrogens with one attached hydrogen (secondary N) is 1. The zero-order chi connectivity index (χ0) is 14.6. The van der Waals surface area contributed by atoms with Crippen molar-refractivity contribution in [3.8, 4) is 5.75 Å². The van der Waals surface area contributed by atoms with Crippen LogP contribution in [-0.4, -0.2) is 28.1 Å². The molecule has 0 aliphatic rings. The SMILES string of the molecule is CCC(C)[C@H](NC(=O)c1ccc(C)c(O)c1)C(=O)O. The quantitative estimate of drug-likeness (QED) is 0.759. The third kappa shape index (κ3) is 3.71. The van der Waals surface area contributed by atoms with Gasteiger partial charge in [-0.05, 0) is 30.5 Å². The number of carboxylic acid groups (broad SMARTS) is 1. The first-order valence-electron chi connectivity index (χ1n) is 6.20. The van der Waals surface area contributed by atoms with Gasteiger partial charge in [0.2, 0.25) is 0 Å². The van der Waals surface area contributed by atoms with Gasteiger partial charge in [-0.1, -0.05) is 26.3 Å². The lowest BCUT2D eigenvalue weighted by molar-refractivity contribution is -0.140. The molecule has 19 heavy (non-hydrogen) atoms. The summed E-state index contributed by atoms with van der Waals surface area (Å²) in [5.74, 6) is -1.70. The van der Waals surface area contributed by atoms with Crippen molar-refractivity contribution in [1.29, 1.82) is 0 Å². The molecule has 0 bridgehead atoms. The molecule has 0 aromatic heterocycles. The van der Waals surface area contributed by atoms with E-state index in [-0.39, 0.29) is 17.2 Å². The highest BCUT2D eigenvalue weighted by Gasteiger charge is 2.25. The lowest BCUT2D eigenvalue weighted by Gasteiger charge is -2.20. The van der Waals surface area contributed by atoms with Crippen LogP contribution in [0.1, 0.15) is 36.2 Å². The zero-order valence-corrected chi connectivity index (χ0v) is 11.3. The fraction of sp³-hybridized carbons (Fsp3) is 0.429. The largest absolute Gasteiger partial charge is 0.508 e. The third-order valence-electron chi connectivity index (χ3n) is 3.24. The number of aromatic hydroxyl groups is 1. The van der Waals surface area contributed by atoms with Crippen LogP contribution in [0.5, 0.6) is 5.75 Å². The predicted molar refractivity (Wildman–Crippen MR) is 71.2 cm³/mol. The second-order valence-corrected chi connectivity index (χ2v) is 4.68. The maximum Gasteiger partial charge on any atom is 0.326 e. The number of benzene rings is 1. The number of carbonyl (C=O) groups is 2. The Hall–Kier alpha value is -2.04. The van der Waals surface area contributed by atoms with Crippen molar-refractivity contribution in [2.75, 3.05) is 0 Å². The van der Waals surface area contributed by atoms with Crippen molar-refractivity contribution in [2.24, 2.45) is 5.92 Å². The molecule has 104 valence electrons. The molecule has 5 heteroatoms. The Balaban J connectivity index is 2.87. The molecular formula is C14H19NO4. The number of phenolic OH excluding ortho intramolecular Hbond substituents is 1. The number of hydrogen-bond acceptors (Lipinski definition) is 3. The molecule has 1 aromatic carbocycles. The first kappa shape index (κ1) is 15.0. The minimum absolute atomic E-state index is 0.0167. The van der Waals surface area contributed by atoms with Crippen molar-refractivity contribution < 1.29 is 19.8 Å². The molecule has 0 radical (unpaired) electrons. The fourth-order valence-corrected chi connectivity index (χ4v) is 1.66. The smallest absolute Gasteiger partial charge is 0.326 e. The summed E-state index contributed by atoms with van der Waals surface area (Å²) in [5, 5.41) is 21.1. The van der Waals surface area contributed by atoms with E-state index >= 15 is 0 Å². The fourth-order valence-electron chi connectivity index (χ4n) is 1.66. The van der Waals surface area contributed by atoms with Gasteiger partial charge in [0, 0.05) is 5.56 Å². The Morgan fingerprint density at radius 2 is 2.00 bits per heavy atom. The molecule has 0 saturated heterocycles. The molecule has 0 fully saturated rings. The summed E-state index contributed by atoms with van der Waals surface area (Å²) in [6.45, 7) is 5.35. The highest BCUT2D eigenvalue weighted by atomic mass is 16.4. The topological polar surface area (TPSA) is 86.6 Å². The van der Waals surface area contributed by atoms with E-state index < -0.39 is 17.9 Å². The van der Waals surface area contributed by atoms with E-state index in [1.165, 1.54) is 6.07 Å². The van der Waals surface area contributed by atoms with Crippen LogP contribution in [0.25, 0.3) is 0 Å². The highest BCUT2D eigenvalue weighted by molar-refractivity contribution is 5.97. The summed E-state index contributed by atoms with van der Waals surface area (Å²) >= 11 is 0. The van der Waals surface area contributed by atoms with E-state index in [4.69, 9.17) is 5.11 Å². The summed E-state index contributed by atoms with van der Waals surface area (Å²) in [5.41, 5.74) is 0.908. The van der Waals surface area contributed by atoms with Gasteiger partial charge in [-0.25, -0.2) is 4.79 Å². The van der Waals surface area contributed by atoms with Gasteiger partial charge >= 0.3 is 5.97 Å². The van der Waals surface area contributed by atoms with Crippen molar-refractivity contribution in [3.05, 3.63) is 29.3 Å². The van der Waals surface area contributed by atoms with Crippen molar-refractivity contribution in [2.45, 2.75) is 33.2 Å². The summed E-state index contributed by atoms with van der Waals surface area (Å²) in [4.78, 5) is 23.1. The van der Waals surface area contributed by atoms with Crippen LogP contribution in [-0.2, 0) is 4.79 Å². The molecule has 0 aliphatic carbocycles. The monoisotopic (exact) mass is 265 g/mol. The van der Waals surface area contributed by atoms with Crippen molar-refractivity contribution >= 4 is 11.9 Å². The van der Waals surface area contributed by atoms with Gasteiger partial charge in [-0.15, -0.1) is 0 Å². The molecule has 2 atom stereocenters. The Labute approximate surface area is 112 Å². The normalized spacial score (nSPS) is 13.6. The van der Waals surface area contributed by atoms with Crippen LogP contribution in [0.15, 0.2) is 18.2 Å². The number of carboxylic acids is 1. The summed E-state index contributed by atoms with van der Waals surface area (Å²) in [7, 11) is 0. The Kier molecular flexibility index (Phi) is 4.92. The van der Waals surface area contributed by atoms with Gasteiger partial charge < -0.3 is 15.5 Å². The molecular weight excluding hydrogens is 246 g/mol. The molecule has 0 aliphatic heterocycles. The maximum absolute atomic E-state index is 12.0. The van der Waals surface area contributed by atoms with Gasteiger partial charge in [0.05, 0.1) is 0 Å². The second kappa shape index (κ2) is 6.22. The lowest BCUT2D eigenvalue weighted by atomic mass is 9.99. The van der Waals surface area contributed by atoms with E-state index in [0.717, 1.165) is 0 Å². The molecule has 5 nitrogen and oxygen atoms in total. The number of carbonyl (C=O) groups excluding carboxylic acids is 1. The average Bonchev–Trinajstić information content (AvgIpc) is 2.37. The van der Waals surface area contributed by atoms with Gasteiger partial charge in [0.25, 0.3) is 5.91 Å². The molecule has 0 saturated carbocycles. The van der Waals surface area contributed by atoms with E-state index in [1.807, 2.05) is 6.92 Å². The molecule has 1 unspecified atom stereocenters. The predicted octanol–water partition coefficient (Wildman–Crippen LogP) is 1.93. The van der Waals surface area contributed by atoms with E-state index in [1.54, 1.807) is 26.0 Å².